The molecule has 1 amide bonds. The van der Waals surface area contributed by atoms with Crippen LogP contribution in [-0.4, -0.2) is 36.7 Å². The summed E-state index contributed by atoms with van der Waals surface area (Å²) >= 11 is 0. The summed E-state index contributed by atoms with van der Waals surface area (Å²) in [7, 11) is 0. The Bertz CT molecular complexity index is 468. The molecule has 1 fully saturated rings. The third-order valence-electron chi connectivity index (χ3n) is 3.32. The highest BCUT2D eigenvalue weighted by molar-refractivity contribution is 5.83. The van der Waals surface area contributed by atoms with Gasteiger partial charge in [0.1, 0.15) is 5.82 Å². The predicted molar refractivity (Wildman–Crippen MR) is 77.0 cm³/mol. The first-order valence-electron chi connectivity index (χ1n) is 7.04. The van der Waals surface area contributed by atoms with E-state index in [1.807, 2.05) is 0 Å². The minimum atomic E-state index is -0.315. The fourth-order valence-corrected chi connectivity index (χ4v) is 2.30. The molecular formula is C15H20FN3O. The lowest BCUT2D eigenvalue weighted by Gasteiger charge is -2.17. The van der Waals surface area contributed by atoms with Crippen molar-refractivity contribution in [2.45, 2.75) is 25.7 Å². The normalized spacial score (nSPS) is 17.1. The van der Waals surface area contributed by atoms with Crippen LogP contribution in [0.25, 0.3) is 0 Å². The number of halogens is 1. The quantitative estimate of drug-likeness (QED) is 0.677. The number of carbonyl (C=O) groups is 1. The number of nitrogens with one attached hydrogen (secondary N) is 1. The summed E-state index contributed by atoms with van der Waals surface area (Å²) in [6.07, 6.45) is 6.24. The molecule has 20 heavy (non-hydrogen) atoms. The number of rotatable bonds is 4. The van der Waals surface area contributed by atoms with Crippen molar-refractivity contribution in [1.29, 1.82) is 0 Å². The number of nitrogens with zero attached hydrogens (tertiary/aromatic N) is 2. The number of likely N-dealkylation sites (tertiary alicyclic amines) is 1. The van der Waals surface area contributed by atoms with E-state index >= 15 is 0 Å². The van der Waals surface area contributed by atoms with E-state index in [0.29, 0.717) is 12.1 Å². The van der Waals surface area contributed by atoms with E-state index in [9.17, 15) is 9.18 Å². The SMILES string of the molecule is O=C(CN1CCCCCC1)N/N=C/c1cccc(F)c1. The Morgan fingerprint density at radius 1 is 1.30 bits per heavy atom. The molecule has 4 nitrogen and oxygen atoms in total. The zero-order valence-electron chi connectivity index (χ0n) is 11.5. The van der Waals surface area contributed by atoms with Crippen molar-refractivity contribution in [3.8, 4) is 0 Å². The molecule has 1 aliphatic heterocycles. The maximum atomic E-state index is 12.9. The summed E-state index contributed by atoms with van der Waals surface area (Å²) < 4.78 is 12.9. The number of hydrogen-bond acceptors (Lipinski definition) is 3. The molecule has 0 bridgehead atoms. The summed E-state index contributed by atoms with van der Waals surface area (Å²) in [5.41, 5.74) is 3.11. The lowest BCUT2D eigenvalue weighted by molar-refractivity contribution is -0.122. The monoisotopic (exact) mass is 277 g/mol. The smallest absolute Gasteiger partial charge is 0.254 e. The average Bonchev–Trinajstić information content (AvgIpc) is 2.67. The van der Waals surface area contributed by atoms with Gasteiger partial charge in [0.05, 0.1) is 12.8 Å². The molecule has 0 spiro atoms. The zero-order chi connectivity index (χ0) is 14.2. The van der Waals surface area contributed by atoms with Crippen LogP contribution in [0.2, 0.25) is 0 Å². The standard InChI is InChI=1S/C15H20FN3O/c16-14-7-5-6-13(10-14)11-17-18-15(20)12-19-8-3-1-2-4-9-19/h5-7,10-11H,1-4,8-9,12H2,(H,18,20)/b17-11+. The minimum absolute atomic E-state index is 0.125. The van der Waals surface area contributed by atoms with E-state index < -0.39 is 0 Å². The van der Waals surface area contributed by atoms with Gasteiger partial charge in [0.2, 0.25) is 0 Å². The Kier molecular flexibility index (Phi) is 5.68. The summed E-state index contributed by atoms with van der Waals surface area (Å²) in [5.74, 6) is -0.440. The molecule has 2 rings (SSSR count). The van der Waals surface area contributed by atoms with Gasteiger partial charge >= 0.3 is 0 Å². The third-order valence-corrected chi connectivity index (χ3v) is 3.32. The maximum Gasteiger partial charge on any atom is 0.254 e. The van der Waals surface area contributed by atoms with E-state index in [-0.39, 0.29) is 11.7 Å². The second-order valence-corrected chi connectivity index (χ2v) is 5.04. The molecule has 0 saturated carbocycles. The van der Waals surface area contributed by atoms with Crippen molar-refractivity contribution >= 4 is 12.1 Å². The molecule has 1 aromatic rings. The van der Waals surface area contributed by atoms with E-state index in [1.165, 1.54) is 31.2 Å². The second kappa shape index (κ2) is 7.75. The Morgan fingerprint density at radius 3 is 2.75 bits per heavy atom. The van der Waals surface area contributed by atoms with Gasteiger partial charge in [0, 0.05) is 0 Å². The molecule has 0 radical (unpaired) electrons. The summed E-state index contributed by atoms with van der Waals surface area (Å²) in [6.45, 7) is 2.32. The first kappa shape index (κ1) is 14.7. The molecule has 5 heteroatoms. The molecule has 1 aliphatic rings. The van der Waals surface area contributed by atoms with Crippen LogP contribution in [0.3, 0.4) is 0 Å². The number of carbonyl (C=O) groups excluding carboxylic acids is 1. The fraction of sp³-hybridized carbons (Fsp3) is 0.467. The van der Waals surface area contributed by atoms with Crippen LogP contribution in [0.4, 0.5) is 4.39 Å². The Hall–Kier alpha value is -1.75. The van der Waals surface area contributed by atoms with Gasteiger partial charge in [-0.3, -0.25) is 9.69 Å². The van der Waals surface area contributed by atoms with Gasteiger partial charge in [0.15, 0.2) is 0 Å². The number of hydrazone groups is 1. The summed E-state index contributed by atoms with van der Waals surface area (Å²) in [6, 6.07) is 6.07. The molecule has 0 atom stereocenters. The van der Waals surface area contributed by atoms with Gasteiger partial charge in [-0.15, -0.1) is 0 Å². The molecular weight excluding hydrogens is 257 g/mol. The fourth-order valence-electron chi connectivity index (χ4n) is 2.30. The van der Waals surface area contributed by atoms with Gasteiger partial charge < -0.3 is 0 Å². The van der Waals surface area contributed by atoms with Gasteiger partial charge in [-0.2, -0.15) is 5.10 Å². The lowest BCUT2D eigenvalue weighted by Crippen LogP contribution is -2.35. The Morgan fingerprint density at radius 2 is 2.05 bits per heavy atom. The zero-order valence-corrected chi connectivity index (χ0v) is 11.5. The van der Waals surface area contributed by atoms with Crippen molar-refractivity contribution in [3.63, 3.8) is 0 Å². The van der Waals surface area contributed by atoms with E-state index in [4.69, 9.17) is 0 Å². The number of benzene rings is 1. The lowest BCUT2D eigenvalue weighted by atomic mass is 10.2. The molecule has 1 heterocycles. The third kappa shape index (κ3) is 5.09. The highest BCUT2D eigenvalue weighted by Crippen LogP contribution is 2.08. The molecule has 0 aliphatic carbocycles. The van der Waals surface area contributed by atoms with Crippen LogP contribution < -0.4 is 5.43 Å². The van der Waals surface area contributed by atoms with Crippen molar-refractivity contribution < 1.29 is 9.18 Å². The Labute approximate surface area is 118 Å². The van der Waals surface area contributed by atoms with Crippen molar-refractivity contribution in [2.24, 2.45) is 5.10 Å². The van der Waals surface area contributed by atoms with Crippen molar-refractivity contribution in [2.75, 3.05) is 19.6 Å². The molecule has 0 aromatic heterocycles. The van der Waals surface area contributed by atoms with Crippen LogP contribution in [0.15, 0.2) is 29.4 Å². The van der Waals surface area contributed by atoms with Gasteiger partial charge in [-0.05, 0) is 43.6 Å². The topological polar surface area (TPSA) is 44.7 Å². The molecule has 1 saturated heterocycles. The van der Waals surface area contributed by atoms with Crippen LogP contribution >= 0.6 is 0 Å². The molecule has 0 unspecified atom stereocenters. The number of hydrogen-bond donors (Lipinski definition) is 1. The first-order chi connectivity index (χ1) is 9.74. The highest BCUT2D eigenvalue weighted by atomic mass is 19.1. The van der Waals surface area contributed by atoms with Gasteiger partial charge in [0.25, 0.3) is 5.91 Å². The maximum absolute atomic E-state index is 12.9. The Balaban J connectivity index is 1.76. The van der Waals surface area contributed by atoms with Crippen molar-refractivity contribution in [1.82, 2.24) is 10.3 Å². The largest absolute Gasteiger partial charge is 0.294 e. The van der Waals surface area contributed by atoms with Gasteiger partial charge in [-0.25, -0.2) is 9.82 Å². The summed E-state index contributed by atoms with van der Waals surface area (Å²) in [5, 5.41) is 3.85. The van der Waals surface area contributed by atoms with E-state index in [1.54, 1.807) is 12.1 Å². The van der Waals surface area contributed by atoms with Crippen LogP contribution in [0.1, 0.15) is 31.2 Å². The van der Waals surface area contributed by atoms with E-state index in [2.05, 4.69) is 15.4 Å². The van der Waals surface area contributed by atoms with Crippen LogP contribution in [0.5, 0.6) is 0 Å². The number of amides is 1. The van der Waals surface area contributed by atoms with Crippen LogP contribution in [0, 0.1) is 5.82 Å². The first-order valence-corrected chi connectivity index (χ1v) is 7.04. The molecule has 1 N–H and O–H groups in total. The molecule has 108 valence electrons. The minimum Gasteiger partial charge on any atom is -0.294 e. The summed E-state index contributed by atoms with van der Waals surface area (Å²) in [4.78, 5) is 13.9. The second-order valence-electron chi connectivity index (χ2n) is 5.04. The molecule has 1 aromatic carbocycles. The van der Waals surface area contributed by atoms with E-state index in [0.717, 1.165) is 25.9 Å². The van der Waals surface area contributed by atoms with Gasteiger partial charge in [-0.1, -0.05) is 25.0 Å². The predicted octanol–water partition coefficient (Wildman–Crippen LogP) is 2.15. The van der Waals surface area contributed by atoms with Crippen molar-refractivity contribution in [3.05, 3.63) is 35.6 Å². The van der Waals surface area contributed by atoms with Crippen LogP contribution in [-0.2, 0) is 4.79 Å². The average molecular weight is 277 g/mol. The highest BCUT2D eigenvalue weighted by Gasteiger charge is 2.12.